The molecule has 2 aliphatic heterocycles. The van der Waals surface area contributed by atoms with Gasteiger partial charge in [-0.1, -0.05) is 74.5 Å². The minimum absolute atomic E-state index is 0.160. The average molecular weight is 453 g/mol. The first-order chi connectivity index (χ1) is 16.0. The highest BCUT2D eigenvalue weighted by molar-refractivity contribution is 5.92. The van der Waals surface area contributed by atoms with Crippen LogP contribution in [0.4, 0.5) is 0 Å². The summed E-state index contributed by atoms with van der Waals surface area (Å²) < 4.78 is 11.7. The van der Waals surface area contributed by atoms with Gasteiger partial charge in [-0.15, -0.1) is 0 Å². The second-order valence-corrected chi connectivity index (χ2v) is 9.16. The number of amides is 2. The van der Waals surface area contributed by atoms with E-state index in [1.807, 2.05) is 60.7 Å². The van der Waals surface area contributed by atoms with E-state index in [1.54, 1.807) is 9.80 Å². The van der Waals surface area contributed by atoms with Gasteiger partial charge in [-0.25, -0.2) is 0 Å². The molecule has 0 aromatic heterocycles. The van der Waals surface area contributed by atoms with Crippen LogP contribution in [0.5, 0.6) is 0 Å². The highest BCUT2D eigenvalue weighted by Gasteiger charge is 2.52. The van der Waals surface area contributed by atoms with E-state index >= 15 is 0 Å². The van der Waals surface area contributed by atoms with Crippen molar-refractivity contribution in [2.45, 2.75) is 57.9 Å². The minimum atomic E-state index is -1.02. The van der Waals surface area contributed by atoms with Gasteiger partial charge in [0.2, 0.25) is 0 Å². The average Bonchev–Trinajstić information content (AvgIpc) is 3.19. The van der Waals surface area contributed by atoms with Gasteiger partial charge in [0.25, 0.3) is 11.8 Å². The summed E-state index contributed by atoms with van der Waals surface area (Å²) in [4.78, 5) is 30.3. The molecule has 2 saturated heterocycles. The Labute approximate surface area is 194 Å². The van der Waals surface area contributed by atoms with E-state index in [0.29, 0.717) is 19.5 Å². The maximum Gasteiger partial charge on any atom is 0.255 e. The van der Waals surface area contributed by atoms with Crippen molar-refractivity contribution >= 4 is 11.8 Å². The van der Waals surface area contributed by atoms with Crippen LogP contribution in [0.3, 0.4) is 0 Å². The predicted molar refractivity (Wildman–Crippen MR) is 123 cm³/mol. The van der Waals surface area contributed by atoms with Gasteiger partial charge in [0, 0.05) is 13.1 Å². The number of morpholine rings is 1. The standard InChI is InChI=1S/C26H32N2O5/c1-18(2)13-21(17-29)28(15-20-11-7-4-8-12-20)26(31)24-23-25(30)27(16-22(32-23)33-24)14-19-9-5-3-6-10-19/h3-12,18,21-24,29H,13-17H2,1-2H3/t21-,22-,23+,24+/m0/s1. The van der Waals surface area contributed by atoms with Crippen LogP contribution in [0.1, 0.15) is 31.4 Å². The third-order valence-electron chi connectivity index (χ3n) is 6.13. The maximum absolute atomic E-state index is 13.7. The Hall–Kier alpha value is -2.74. The second-order valence-electron chi connectivity index (χ2n) is 9.16. The van der Waals surface area contributed by atoms with Crippen LogP contribution in [-0.4, -0.2) is 64.4 Å². The van der Waals surface area contributed by atoms with Crippen molar-refractivity contribution in [1.29, 1.82) is 0 Å². The Kier molecular flexibility index (Phi) is 7.42. The number of hydrogen-bond acceptors (Lipinski definition) is 5. The number of ether oxygens (including phenoxy) is 2. The van der Waals surface area contributed by atoms with Crippen LogP contribution in [0, 0.1) is 5.92 Å². The molecule has 4 rings (SSSR count). The quantitative estimate of drug-likeness (QED) is 0.633. The van der Waals surface area contributed by atoms with Crippen molar-refractivity contribution in [3.63, 3.8) is 0 Å². The maximum atomic E-state index is 13.7. The smallest absolute Gasteiger partial charge is 0.255 e. The number of benzene rings is 2. The molecule has 2 aliphatic rings. The highest BCUT2D eigenvalue weighted by atomic mass is 16.7. The van der Waals surface area contributed by atoms with Gasteiger partial charge in [-0.3, -0.25) is 9.59 Å². The zero-order valence-electron chi connectivity index (χ0n) is 19.2. The number of fused-ring (bicyclic) bond motifs is 2. The van der Waals surface area contributed by atoms with Crippen LogP contribution < -0.4 is 0 Å². The van der Waals surface area contributed by atoms with Gasteiger partial charge in [-0.2, -0.15) is 0 Å². The van der Waals surface area contributed by atoms with Gasteiger partial charge in [-0.05, 0) is 23.5 Å². The van der Waals surface area contributed by atoms with Gasteiger partial charge < -0.3 is 24.4 Å². The summed E-state index contributed by atoms with van der Waals surface area (Å²) in [6.45, 7) is 5.01. The van der Waals surface area contributed by atoms with Gasteiger partial charge in [0.1, 0.15) is 0 Å². The van der Waals surface area contributed by atoms with Crippen LogP contribution >= 0.6 is 0 Å². The largest absolute Gasteiger partial charge is 0.394 e. The third-order valence-corrected chi connectivity index (χ3v) is 6.13. The van der Waals surface area contributed by atoms with Crippen molar-refractivity contribution in [2.24, 2.45) is 5.92 Å². The molecule has 7 nitrogen and oxygen atoms in total. The van der Waals surface area contributed by atoms with Crippen LogP contribution in [0.15, 0.2) is 60.7 Å². The minimum Gasteiger partial charge on any atom is -0.394 e. The Morgan fingerprint density at radius 1 is 1.06 bits per heavy atom. The summed E-state index contributed by atoms with van der Waals surface area (Å²) in [6.07, 6.45) is -1.99. The molecule has 4 atom stereocenters. The molecular formula is C26H32N2O5. The highest BCUT2D eigenvalue weighted by Crippen LogP contribution is 2.30. The van der Waals surface area contributed by atoms with Gasteiger partial charge in [0.05, 0.1) is 19.2 Å². The van der Waals surface area contributed by atoms with E-state index in [9.17, 15) is 14.7 Å². The number of nitrogens with zero attached hydrogens (tertiary/aromatic N) is 2. The predicted octanol–water partition coefficient (Wildman–Crippen LogP) is 2.57. The van der Waals surface area contributed by atoms with Crippen LogP contribution in [-0.2, 0) is 32.2 Å². The molecule has 0 aliphatic carbocycles. The van der Waals surface area contributed by atoms with Gasteiger partial charge in [0.15, 0.2) is 18.5 Å². The molecule has 2 bridgehead atoms. The SMILES string of the molecule is CC(C)C[C@@H](CO)N(Cc1ccccc1)C(=O)[C@@H]1O[C@H]2CN(Cc3ccccc3)C(=O)[C@@H]1O2. The van der Waals surface area contributed by atoms with E-state index in [1.165, 1.54) is 0 Å². The summed E-state index contributed by atoms with van der Waals surface area (Å²) >= 11 is 0. The number of aliphatic hydroxyl groups excluding tert-OH is 1. The summed E-state index contributed by atoms with van der Waals surface area (Å²) in [5.74, 6) is -0.271. The number of carbonyl (C=O) groups is 2. The van der Waals surface area contributed by atoms with Gasteiger partial charge >= 0.3 is 0 Å². The Balaban J connectivity index is 1.54. The summed E-state index contributed by atoms with van der Waals surface area (Å²) in [5, 5.41) is 10.1. The molecule has 176 valence electrons. The molecule has 2 heterocycles. The van der Waals surface area contributed by atoms with Crippen molar-refractivity contribution in [1.82, 2.24) is 9.80 Å². The number of rotatable bonds is 9. The lowest BCUT2D eigenvalue weighted by Gasteiger charge is -2.34. The summed E-state index contributed by atoms with van der Waals surface area (Å²) in [5.41, 5.74) is 1.96. The van der Waals surface area contributed by atoms with E-state index in [4.69, 9.17) is 9.47 Å². The lowest BCUT2D eigenvalue weighted by Crippen LogP contribution is -2.54. The second kappa shape index (κ2) is 10.5. The normalized spacial score (nSPS) is 23.1. The molecule has 0 radical (unpaired) electrons. The van der Waals surface area contributed by atoms with E-state index < -0.39 is 18.5 Å². The third kappa shape index (κ3) is 5.43. The van der Waals surface area contributed by atoms with Crippen LogP contribution in [0.2, 0.25) is 0 Å². The Morgan fingerprint density at radius 2 is 1.70 bits per heavy atom. The molecule has 2 fully saturated rings. The molecule has 1 N–H and O–H groups in total. The first-order valence-corrected chi connectivity index (χ1v) is 11.5. The molecule has 2 aromatic carbocycles. The Morgan fingerprint density at radius 3 is 2.30 bits per heavy atom. The lowest BCUT2D eigenvalue weighted by molar-refractivity contribution is -0.162. The summed E-state index contributed by atoms with van der Waals surface area (Å²) in [6, 6.07) is 19.0. The molecular weight excluding hydrogens is 420 g/mol. The molecule has 7 heteroatoms. The molecule has 0 saturated carbocycles. The molecule has 0 unspecified atom stereocenters. The van der Waals surface area contributed by atoms with E-state index in [2.05, 4.69) is 13.8 Å². The first-order valence-electron chi connectivity index (χ1n) is 11.5. The number of hydrogen-bond donors (Lipinski definition) is 1. The Bertz CT molecular complexity index is 936. The van der Waals surface area contributed by atoms with Crippen molar-refractivity contribution in [3.8, 4) is 0 Å². The van der Waals surface area contributed by atoms with Crippen molar-refractivity contribution < 1.29 is 24.2 Å². The monoisotopic (exact) mass is 452 g/mol. The number of carbonyl (C=O) groups excluding carboxylic acids is 2. The van der Waals surface area contributed by atoms with Crippen molar-refractivity contribution in [2.75, 3.05) is 13.2 Å². The number of aliphatic hydroxyl groups is 1. The fourth-order valence-electron chi connectivity index (χ4n) is 4.53. The van der Waals surface area contributed by atoms with E-state index in [-0.39, 0.29) is 36.9 Å². The topological polar surface area (TPSA) is 79.3 Å². The fourth-order valence-corrected chi connectivity index (χ4v) is 4.53. The molecule has 33 heavy (non-hydrogen) atoms. The van der Waals surface area contributed by atoms with Crippen LogP contribution in [0.25, 0.3) is 0 Å². The zero-order valence-corrected chi connectivity index (χ0v) is 19.2. The zero-order chi connectivity index (χ0) is 23.4. The molecule has 2 amide bonds. The van der Waals surface area contributed by atoms with E-state index in [0.717, 1.165) is 11.1 Å². The first kappa shape index (κ1) is 23.4. The summed E-state index contributed by atoms with van der Waals surface area (Å²) in [7, 11) is 0. The molecule has 0 spiro atoms. The van der Waals surface area contributed by atoms with Crippen molar-refractivity contribution in [3.05, 3.63) is 71.8 Å². The fraction of sp³-hybridized carbons (Fsp3) is 0.462. The molecule has 2 aromatic rings. The lowest BCUT2D eigenvalue weighted by atomic mass is 10.0.